The molecule has 0 radical (unpaired) electrons. The Labute approximate surface area is 121 Å². The number of aromatic nitrogens is 1. The molecule has 20 heavy (non-hydrogen) atoms. The predicted molar refractivity (Wildman–Crippen MR) is 77.8 cm³/mol. The topological polar surface area (TPSA) is 66.0 Å². The van der Waals surface area contributed by atoms with E-state index in [0.29, 0.717) is 6.54 Å². The van der Waals surface area contributed by atoms with Gasteiger partial charge in [-0.1, -0.05) is 12.1 Å². The van der Waals surface area contributed by atoms with Gasteiger partial charge in [0, 0.05) is 11.1 Å². The van der Waals surface area contributed by atoms with Crippen LogP contribution in [-0.2, 0) is 11.3 Å². The molecule has 3 rings (SSSR count). The van der Waals surface area contributed by atoms with Crippen molar-refractivity contribution in [2.24, 2.45) is 0 Å². The van der Waals surface area contributed by atoms with E-state index >= 15 is 0 Å². The molecule has 2 unspecified atom stereocenters. The molecule has 2 aromatic rings. The average Bonchev–Trinajstić information content (AvgIpc) is 3.16. The highest BCUT2D eigenvalue weighted by atomic mass is 32.1. The van der Waals surface area contributed by atoms with Gasteiger partial charge in [0.15, 0.2) is 0 Å². The van der Waals surface area contributed by atoms with Crippen LogP contribution in [-0.4, -0.2) is 16.9 Å². The predicted octanol–water partition coefficient (Wildman–Crippen LogP) is 1.37. The smallest absolute Gasteiger partial charge is 0.238 e. The molecule has 0 spiro atoms. The first-order valence-electron chi connectivity index (χ1n) is 6.55. The highest BCUT2D eigenvalue weighted by Gasteiger charge is 2.30. The van der Waals surface area contributed by atoms with Gasteiger partial charge in [0.05, 0.1) is 18.3 Å². The van der Waals surface area contributed by atoms with E-state index in [2.05, 4.69) is 27.2 Å². The number of rotatable bonds is 4. The van der Waals surface area contributed by atoms with Crippen LogP contribution in [0.2, 0.25) is 0 Å². The summed E-state index contributed by atoms with van der Waals surface area (Å²) in [6.07, 6.45) is 2.48. The van der Waals surface area contributed by atoms with Gasteiger partial charge in [-0.05, 0) is 30.0 Å². The number of thiophene rings is 1. The van der Waals surface area contributed by atoms with E-state index in [0.717, 1.165) is 12.1 Å². The Morgan fingerprint density at radius 3 is 3.05 bits per heavy atom. The van der Waals surface area contributed by atoms with Gasteiger partial charge in [0.2, 0.25) is 5.91 Å². The molecule has 5 nitrogen and oxygen atoms in total. The molecule has 1 amide bonds. The van der Waals surface area contributed by atoms with Gasteiger partial charge in [0.1, 0.15) is 6.04 Å². The van der Waals surface area contributed by atoms with Crippen molar-refractivity contribution in [1.82, 2.24) is 21.2 Å². The maximum atomic E-state index is 12.1. The van der Waals surface area contributed by atoms with Crippen molar-refractivity contribution >= 4 is 17.2 Å². The Balaban J connectivity index is 1.51. The summed E-state index contributed by atoms with van der Waals surface area (Å²) in [6, 6.07) is 9.78. The zero-order chi connectivity index (χ0) is 13.8. The highest BCUT2D eigenvalue weighted by molar-refractivity contribution is 7.10. The van der Waals surface area contributed by atoms with Crippen molar-refractivity contribution < 1.29 is 4.79 Å². The van der Waals surface area contributed by atoms with Gasteiger partial charge in [-0.3, -0.25) is 9.78 Å². The van der Waals surface area contributed by atoms with Crippen molar-refractivity contribution in [3.8, 4) is 0 Å². The van der Waals surface area contributed by atoms with Gasteiger partial charge in [-0.25, -0.2) is 10.9 Å². The fraction of sp³-hybridized carbons (Fsp3) is 0.286. The second-order valence-corrected chi connectivity index (χ2v) is 5.66. The van der Waals surface area contributed by atoms with Crippen molar-refractivity contribution in [2.75, 3.05) is 0 Å². The molecular weight excluding hydrogens is 272 g/mol. The Kier molecular flexibility index (Phi) is 4.05. The molecule has 2 atom stereocenters. The fourth-order valence-corrected chi connectivity index (χ4v) is 3.00. The minimum atomic E-state index is -0.203. The first kappa shape index (κ1) is 13.2. The molecule has 1 aliphatic heterocycles. The molecule has 1 aliphatic rings. The normalized spacial score (nSPS) is 21.8. The molecular formula is C14H16N4OS. The maximum Gasteiger partial charge on any atom is 0.238 e. The van der Waals surface area contributed by atoms with Crippen LogP contribution in [0.4, 0.5) is 0 Å². The van der Waals surface area contributed by atoms with E-state index in [1.807, 2.05) is 29.6 Å². The summed E-state index contributed by atoms with van der Waals surface area (Å²) in [6.45, 7) is 0.460. The number of hydrogen-bond donors (Lipinski definition) is 3. The molecule has 6 heteroatoms. The lowest BCUT2D eigenvalue weighted by atomic mass is 10.1. The third kappa shape index (κ3) is 3.04. The van der Waals surface area contributed by atoms with Gasteiger partial charge in [-0.15, -0.1) is 11.3 Å². The number of nitrogens with one attached hydrogen (secondary N) is 3. The SMILES string of the molecule is O=C(NCc1ccccn1)C1CC(c2cccs2)NN1. The van der Waals surface area contributed by atoms with Crippen molar-refractivity contribution in [2.45, 2.75) is 25.0 Å². The van der Waals surface area contributed by atoms with Gasteiger partial charge in [-0.2, -0.15) is 0 Å². The molecule has 0 bridgehead atoms. The zero-order valence-corrected chi connectivity index (χ0v) is 11.7. The minimum absolute atomic E-state index is 0.00205. The van der Waals surface area contributed by atoms with E-state index in [9.17, 15) is 4.79 Å². The van der Waals surface area contributed by atoms with Crippen LogP contribution in [0.15, 0.2) is 41.9 Å². The lowest BCUT2D eigenvalue weighted by molar-refractivity contribution is -0.123. The quantitative estimate of drug-likeness (QED) is 0.795. The molecule has 0 aliphatic carbocycles. The van der Waals surface area contributed by atoms with Crippen LogP contribution in [0, 0.1) is 0 Å². The first-order chi connectivity index (χ1) is 9.83. The molecule has 0 saturated carbocycles. The van der Waals surface area contributed by atoms with Gasteiger partial charge in [0.25, 0.3) is 0 Å². The molecule has 2 aromatic heterocycles. The molecule has 0 aromatic carbocycles. The second kappa shape index (κ2) is 6.13. The Morgan fingerprint density at radius 1 is 1.35 bits per heavy atom. The Hall–Kier alpha value is -1.76. The third-order valence-electron chi connectivity index (χ3n) is 3.28. The third-order valence-corrected chi connectivity index (χ3v) is 4.26. The number of pyridine rings is 1. The lowest BCUT2D eigenvalue weighted by Crippen LogP contribution is -2.42. The number of carbonyl (C=O) groups excluding carboxylic acids is 1. The van der Waals surface area contributed by atoms with Gasteiger partial charge < -0.3 is 5.32 Å². The molecule has 104 valence electrons. The van der Waals surface area contributed by atoms with Crippen LogP contribution in [0.3, 0.4) is 0 Å². The fourth-order valence-electron chi connectivity index (χ4n) is 2.21. The number of hydrazine groups is 1. The largest absolute Gasteiger partial charge is 0.349 e. The number of nitrogens with zero attached hydrogens (tertiary/aromatic N) is 1. The molecule has 1 fully saturated rings. The monoisotopic (exact) mass is 288 g/mol. The highest BCUT2D eigenvalue weighted by Crippen LogP contribution is 2.25. The summed E-state index contributed by atoms with van der Waals surface area (Å²) < 4.78 is 0. The summed E-state index contributed by atoms with van der Waals surface area (Å²) in [7, 11) is 0. The molecule has 1 saturated heterocycles. The summed E-state index contributed by atoms with van der Waals surface area (Å²) >= 11 is 1.70. The summed E-state index contributed by atoms with van der Waals surface area (Å²) in [5, 5.41) is 4.95. The van der Waals surface area contributed by atoms with Crippen LogP contribution >= 0.6 is 11.3 Å². The van der Waals surface area contributed by atoms with Crippen LogP contribution in [0.5, 0.6) is 0 Å². The summed E-state index contributed by atoms with van der Waals surface area (Å²) in [5.74, 6) is 0.00205. The van der Waals surface area contributed by atoms with E-state index in [-0.39, 0.29) is 18.0 Å². The van der Waals surface area contributed by atoms with E-state index in [4.69, 9.17) is 0 Å². The summed E-state index contributed by atoms with van der Waals surface area (Å²) in [4.78, 5) is 17.5. The van der Waals surface area contributed by atoms with Crippen molar-refractivity contribution in [3.05, 3.63) is 52.5 Å². The number of carbonyl (C=O) groups is 1. The zero-order valence-electron chi connectivity index (χ0n) is 10.9. The van der Waals surface area contributed by atoms with Crippen LogP contribution < -0.4 is 16.2 Å². The molecule has 3 heterocycles. The van der Waals surface area contributed by atoms with Crippen molar-refractivity contribution in [1.29, 1.82) is 0 Å². The van der Waals surface area contributed by atoms with E-state index in [1.54, 1.807) is 17.5 Å². The number of hydrogen-bond acceptors (Lipinski definition) is 5. The Morgan fingerprint density at radius 2 is 2.30 bits per heavy atom. The average molecular weight is 288 g/mol. The Bertz CT molecular complexity index is 558. The van der Waals surface area contributed by atoms with E-state index < -0.39 is 0 Å². The van der Waals surface area contributed by atoms with Crippen molar-refractivity contribution in [3.63, 3.8) is 0 Å². The van der Waals surface area contributed by atoms with Crippen LogP contribution in [0.1, 0.15) is 23.0 Å². The maximum absolute atomic E-state index is 12.1. The second-order valence-electron chi connectivity index (χ2n) is 4.68. The molecule has 3 N–H and O–H groups in total. The van der Waals surface area contributed by atoms with Gasteiger partial charge >= 0.3 is 0 Å². The first-order valence-corrected chi connectivity index (χ1v) is 7.43. The lowest BCUT2D eigenvalue weighted by Gasteiger charge is -2.10. The standard InChI is InChI=1S/C14H16N4OS/c19-14(16-9-10-4-1-2-6-15-10)12-8-11(17-18-12)13-5-3-7-20-13/h1-7,11-12,17-18H,8-9H2,(H,16,19). The summed E-state index contributed by atoms with van der Waals surface area (Å²) in [5.41, 5.74) is 7.09. The van der Waals surface area contributed by atoms with E-state index in [1.165, 1.54) is 4.88 Å². The van der Waals surface area contributed by atoms with Crippen LogP contribution in [0.25, 0.3) is 0 Å². The minimum Gasteiger partial charge on any atom is -0.349 e. The number of amides is 1.